The fourth-order valence-electron chi connectivity index (χ4n) is 3.65. The van der Waals surface area contributed by atoms with Gasteiger partial charge in [-0.15, -0.1) is 0 Å². The molecule has 2 aromatic carbocycles. The summed E-state index contributed by atoms with van der Waals surface area (Å²) in [6.07, 6.45) is 3.35. The van der Waals surface area contributed by atoms with Crippen LogP contribution in [-0.2, 0) is 12.2 Å². The van der Waals surface area contributed by atoms with E-state index in [4.69, 9.17) is 10.5 Å². The van der Waals surface area contributed by atoms with E-state index in [1.54, 1.807) is 21.0 Å². The van der Waals surface area contributed by atoms with Gasteiger partial charge in [-0.25, -0.2) is 9.38 Å². The van der Waals surface area contributed by atoms with Crippen molar-refractivity contribution in [2.45, 2.75) is 51.4 Å². The highest BCUT2D eigenvalue weighted by Gasteiger charge is 2.25. The number of benzene rings is 2. The largest absolute Gasteiger partial charge is 0.497 e. The van der Waals surface area contributed by atoms with Crippen LogP contribution < -0.4 is 10.5 Å². The van der Waals surface area contributed by atoms with Crippen molar-refractivity contribution < 1.29 is 9.13 Å². The first kappa shape index (κ1) is 20.2. The number of likely N-dealkylation sites (tertiary alicyclic amines) is 1. The summed E-state index contributed by atoms with van der Waals surface area (Å²) < 4.78 is 19.3. The molecule has 150 valence electrons. The molecule has 5 heteroatoms. The highest BCUT2D eigenvalue weighted by Crippen LogP contribution is 2.31. The molecule has 1 aliphatic heterocycles. The monoisotopic (exact) mass is 383 g/mol. The molecule has 0 bridgehead atoms. The van der Waals surface area contributed by atoms with Gasteiger partial charge in [-0.3, -0.25) is 0 Å². The van der Waals surface area contributed by atoms with Crippen molar-refractivity contribution in [1.29, 1.82) is 0 Å². The zero-order valence-electron chi connectivity index (χ0n) is 17.0. The van der Waals surface area contributed by atoms with E-state index < -0.39 is 5.67 Å². The fraction of sp³-hybridized carbons (Fsp3) is 0.435. The standard InChI is InChI=1S/C23H30FN3O/c1-23(2,24)19-11-7-17(8-12-19)16-26-22(25)27-15-5-4-6-21(27)18-9-13-20(28-3)14-10-18/h7-14,21H,4-6,15-16H2,1-3H3,(H2,25,26). The maximum absolute atomic E-state index is 14.0. The highest BCUT2D eigenvalue weighted by atomic mass is 19.1. The topological polar surface area (TPSA) is 50.9 Å². The van der Waals surface area contributed by atoms with Crippen LogP contribution in [0.15, 0.2) is 53.5 Å². The van der Waals surface area contributed by atoms with Crippen LogP contribution in [0, 0.1) is 0 Å². The smallest absolute Gasteiger partial charge is 0.192 e. The Bertz CT molecular complexity index is 794. The lowest BCUT2D eigenvalue weighted by Crippen LogP contribution is -2.43. The SMILES string of the molecule is COc1ccc(C2CCCCN2C(N)=NCc2ccc(C(C)(C)F)cc2)cc1. The number of alkyl halides is 1. The number of aliphatic imine (C=N–C) groups is 1. The van der Waals surface area contributed by atoms with E-state index in [9.17, 15) is 4.39 Å². The van der Waals surface area contributed by atoms with E-state index in [0.29, 0.717) is 18.1 Å². The lowest BCUT2D eigenvalue weighted by molar-refractivity contribution is 0.221. The Kier molecular flexibility index (Phi) is 6.22. The van der Waals surface area contributed by atoms with E-state index in [0.717, 1.165) is 30.7 Å². The van der Waals surface area contributed by atoms with Gasteiger partial charge >= 0.3 is 0 Å². The molecule has 2 aromatic rings. The molecule has 28 heavy (non-hydrogen) atoms. The average molecular weight is 384 g/mol. The number of hydrogen-bond donors (Lipinski definition) is 1. The summed E-state index contributed by atoms with van der Waals surface area (Å²) in [6.45, 7) is 4.52. The lowest BCUT2D eigenvalue weighted by atomic mass is 9.95. The number of rotatable bonds is 5. The number of hydrogen-bond acceptors (Lipinski definition) is 2. The molecule has 1 unspecified atom stereocenters. The summed E-state index contributed by atoms with van der Waals surface area (Å²) in [5.41, 5.74) is 7.96. The Hall–Kier alpha value is -2.56. The quantitative estimate of drug-likeness (QED) is 0.588. The average Bonchev–Trinajstić information content (AvgIpc) is 2.72. The molecule has 3 rings (SSSR count). The highest BCUT2D eigenvalue weighted by molar-refractivity contribution is 5.78. The third-order valence-corrected chi connectivity index (χ3v) is 5.36. The Balaban J connectivity index is 1.72. The van der Waals surface area contributed by atoms with Crippen LogP contribution in [0.25, 0.3) is 0 Å². The second-order valence-electron chi connectivity index (χ2n) is 7.82. The Morgan fingerprint density at radius 2 is 1.82 bits per heavy atom. The normalized spacial score (nSPS) is 18.2. The number of piperidine rings is 1. The molecule has 0 aromatic heterocycles. The van der Waals surface area contributed by atoms with E-state index in [2.05, 4.69) is 22.0 Å². The molecule has 2 N–H and O–H groups in total. The Labute approximate surface area is 167 Å². The van der Waals surface area contributed by atoms with Crippen molar-refractivity contribution in [3.05, 3.63) is 65.2 Å². The van der Waals surface area contributed by atoms with Crippen LogP contribution in [0.4, 0.5) is 4.39 Å². The van der Waals surface area contributed by atoms with Crippen LogP contribution in [0.1, 0.15) is 55.8 Å². The molecule has 0 saturated carbocycles. The molecular weight excluding hydrogens is 353 g/mol. The number of nitrogens with two attached hydrogens (primary N) is 1. The molecular formula is C23H30FN3O. The van der Waals surface area contributed by atoms with Crippen molar-refractivity contribution in [3.63, 3.8) is 0 Å². The van der Waals surface area contributed by atoms with Gasteiger partial charge in [0.1, 0.15) is 11.4 Å². The van der Waals surface area contributed by atoms with Gasteiger partial charge < -0.3 is 15.4 Å². The van der Waals surface area contributed by atoms with E-state index in [1.165, 1.54) is 12.0 Å². The molecule has 1 aliphatic rings. The zero-order chi connectivity index (χ0) is 20.1. The van der Waals surface area contributed by atoms with Crippen LogP contribution >= 0.6 is 0 Å². The predicted molar refractivity (Wildman–Crippen MR) is 112 cm³/mol. The van der Waals surface area contributed by atoms with Crippen molar-refractivity contribution in [2.75, 3.05) is 13.7 Å². The minimum atomic E-state index is -1.33. The van der Waals surface area contributed by atoms with E-state index in [1.807, 2.05) is 36.4 Å². The minimum absolute atomic E-state index is 0.234. The van der Waals surface area contributed by atoms with Gasteiger partial charge in [0.15, 0.2) is 5.96 Å². The van der Waals surface area contributed by atoms with Crippen LogP contribution in [-0.4, -0.2) is 24.5 Å². The van der Waals surface area contributed by atoms with E-state index >= 15 is 0 Å². The zero-order valence-corrected chi connectivity index (χ0v) is 17.0. The van der Waals surface area contributed by atoms with Crippen molar-refractivity contribution >= 4 is 5.96 Å². The first-order valence-corrected chi connectivity index (χ1v) is 9.87. The molecule has 1 fully saturated rings. The van der Waals surface area contributed by atoms with Crippen molar-refractivity contribution in [1.82, 2.24) is 4.90 Å². The fourth-order valence-corrected chi connectivity index (χ4v) is 3.65. The maximum atomic E-state index is 14.0. The summed E-state index contributed by atoms with van der Waals surface area (Å²) in [4.78, 5) is 6.82. The molecule has 4 nitrogen and oxygen atoms in total. The Morgan fingerprint density at radius 1 is 1.14 bits per heavy atom. The molecule has 0 radical (unpaired) electrons. The lowest BCUT2D eigenvalue weighted by Gasteiger charge is -2.37. The van der Waals surface area contributed by atoms with E-state index in [-0.39, 0.29) is 6.04 Å². The summed E-state index contributed by atoms with van der Waals surface area (Å²) in [6, 6.07) is 15.9. The van der Waals surface area contributed by atoms with Crippen LogP contribution in [0.5, 0.6) is 5.75 Å². The van der Waals surface area contributed by atoms with Gasteiger partial charge in [-0.05, 0) is 61.9 Å². The van der Waals surface area contributed by atoms with Gasteiger partial charge in [-0.2, -0.15) is 0 Å². The third kappa shape index (κ3) is 4.83. The summed E-state index contributed by atoms with van der Waals surface area (Å²) in [5.74, 6) is 1.42. The molecule has 0 amide bonds. The first-order valence-electron chi connectivity index (χ1n) is 9.87. The van der Waals surface area contributed by atoms with Crippen molar-refractivity contribution in [3.8, 4) is 5.75 Å². The number of halogens is 1. The first-order chi connectivity index (χ1) is 13.4. The summed E-state index contributed by atoms with van der Waals surface area (Å²) >= 11 is 0. The van der Waals surface area contributed by atoms with Gasteiger partial charge in [0.25, 0.3) is 0 Å². The molecule has 0 aliphatic carbocycles. The summed E-state index contributed by atoms with van der Waals surface area (Å²) in [7, 11) is 1.67. The van der Waals surface area contributed by atoms with Crippen molar-refractivity contribution in [2.24, 2.45) is 10.7 Å². The van der Waals surface area contributed by atoms with Gasteiger partial charge in [0.2, 0.25) is 0 Å². The number of nitrogens with zero attached hydrogens (tertiary/aromatic N) is 2. The molecule has 0 spiro atoms. The molecule has 1 atom stereocenters. The minimum Gasteiger partial charge on any atom is -0.497 e. The molecule has 1 heterocycles. The second kappa shape index (κ2) is 8.63. The van der Waals surface area contributed by atoms with Crippen LogP contribution in [0.2, 0.25) is 0 Å². The Morgan fingerprint density at radius 3 is 2.43 bits per heavy atom. The predicted octanol–water partition coefficient (Wildman–Crippen LogP) is 4.94. The number of ether oxygens (including phenoxy) is 1. The second-order valence-corrected chi connectivity index (χ2v) is 7.82. The van der Waals surface area contributed by atoms with Gasteiger partial charge in [0.05, 0.1) is 19.7 Å². The van der Waals surface area contributed by atoms with Crippen LogP contribution in [0.3, 0.4) is 0 Å². The molecule has 1 saturated heterocycles. The number of guanidine groups is 1. The van der Waals surface area contributed by atoms with Gasteiger partial charge in [0, 0.05) is 6.54 Å². The maximum Gasteiger partial charge on any atom is 0.192 e. The third-order valence-electron chi connectivity index (χ3n) is 5.36. The number of methoxy groups -OCH3 is 1. The van der Waals surface area contributed by atoms with Gasteiger partial charge in [-0.1, -0.05) is 36.4 Å². The summed E-state index contributed by atoms with van der Waals surface area (Å²) in [5, 5.41) is 0.